The first-order valence-corrected chi connectivity index (χ1v) is 6.19. The van der Waals surface area contributed by atoms with Gasteiger partial charge in [0.25, 0.3) is 5.91 Å². The van der Waals surface area contributed by atoms with Gasteiger partial charge in [0.1, 0.15) is 5.82 Å². The number of aromatic nitrogens is 2. The lowest BCUT2D eigenvalue weighted by Gasteiger charge is -2.36. The topological polar surface area (TPSA) is 78.4 Å². The third kappa shape index (κ3) is 2.59. The number of aliphatic hydroxyl groups is 1. The monoisotopic (exact) mass is 250 g/mol. The second-order valence-electron chi connectivity index (χ2n) is 4.36. The van der Waals surface area contributed by atoms with Crippen molar-refractivity contribution in [3.8, 4) is 0 Å². The zero-order valence-corrected chi connectivity index (χ0v) is 10.5. The van der Waals surface area contributed by atoms with Crippen LogP contribution in [-0.2, 0) is 0 Å². The molecule has 6 heteroatoms. The molecule has 1 aliphatic rings. The molecule has 1 saturated carbocycles. The van der Waals surface area contributed by atoms with Crippen LogP contribution in [0.1, 0.15) is 29.8 Å². The van der Waals surface area contributed by atoms with E-state index in [1.165, 1.54) is 0 Å². The lowest BCUT2D eigenvalue weighted by atomic mass is 9.91. The van der Waals surface area contributed by atoms with E-state index in [0.717, 1.165) is 19.3 Å². The lowest BCUT2D eigenvalue weighted by molar-refractivity contribution is 0.0519. The standard InChI is InChI=1S/C12H18N4O2/c1-13-11-6-5-10(14-15-11)12(18)16(7-8-17)9-3-2-4-9/h5-6,9,17H,2-4,7-8H2,1H3,(H,13,15). The van der Waals surface area contributed by atoms with Crippen molar-refractivity contribution in [3.05, 3.63) is 17.8 Å². The summed E-state index contributed by atoms with van der Waals surface area (Å²) in [7, 11) is 1.75. The molecule has 98 valence electrons. The number of carbonyl (C=O) groups excluding carboxylic acids is 1. The average Bonchev–Trinajstić information content (AvgIpc) is 2.35. The number of rotatable bonds is 5. The molecule has 1 aliphatic carbocycles. The highest BCUT2D eigenvalue weighted by molar-refractivity contribution is 5.92. The van der Waals surface area contributed by atoms with Gasteiger partial charge in [-0.2, -0.15) is 0 Å². The maximum Gasteiger partial charge on any atom is 0.274 e. The summed E-state index contributed by atoms with van der Waals surface area (Å²) in [5.41, 5.74) is 0.328. The van der Waals surface area contributed by atoms with E-state index >= 15 is 0 Å². The third-order valence-corrected chi connectivity index (χ3v) is 3.26. The Kier molecular flexibility index (Phi) is 4.09. The van der Waals surface area contributed by atoms with Gasteiger partial charge in [0, 0.05) is 19.6 Å². The van der Waals surface area contributed by atoms with Gasteiger partial charge in [0.15, 0.2) is 5.69 Å². The minimum atomic E-state index is -0.149. The van der Waals surface area contributed by atoms with Gasteiger partial charge >= 0.3 is 0 Å². The first kappa shape index (κ1) is 12.8. The Labute approximate surface area is 106 Å². The molecule has 6 nitrogen and oxygen atoms in total. The fourth-order valence-electron chi connectivity index (χ4n) is 1.98. The van der Waals surface area contributed by atoms with E-state index in [-0.39, 0.29) is 18.6 Å². The largest absolute Gasteiger partial charge is 0.395 e. The van der Waals surface area contributed by atoms with Gasteiger partial charge in [-0.1, -0.05) is 0 Å². The van der Waals surface area contributed by atoms with E-state index in [2.05, 4.69) is 15.5 Å². The molecule has 1 aromatic rings. The molecule has 0 aromatic carbocycles. The van der Waals surface area contributed by atoms with Crippen molar-refractivity contribution in [2.45, 2.75) is 25.3 Å². The van der Waals surface area contributed by atoms with Crippen molar-refractivity contribution < 1.29 is 9.90 Å². The molecule has 2 rings (SSSR count). The molecule has 1 fully saturated rings. The summed E-state index contributed by atoms with van der Waals surface area (Å²) in [6.45, 7) is 0.337. The van der Waals surface area contributed by atoms with Gasteiger partial charge in [-0.25, -0.2) is 0 Å². The van der Waals surface area contributed by atoms with Crippen molar-refractivity contribution in [2.75, 3.05) is 25.5 Å². The Morgan fingerprint density at radius 1 is 1.50 bits per heavy atom. The number of amides is 1. The Hall–Kier alpha value is -1.69. The zero-order valence-electron chi connectivity index (χ0n) is 10.5. The number of hydrogen-bond donors (Lipinski definition) is 2. The fraction of sp³-hybridized carbons (Fsp3) is 0.583. The lowest BCUT2D eigenvalue weighted by Crippen LogP contribution is -2.46. The van der Waals surface area contributed by atoms with Crippen LogP contribution in [0.3, 0.4) is 0 Å². The van der Waals surface area contributed by atoms with E-state index in [1.54, 1.807) is 24.1 Å². The number of anilines is 1. The minimum absolute atomic E-state index is 0.0235. The highest BCUT2D eigenvalue weighted by Crippen LogP contribution is 2.25. The molecule has 1 amide bonds. The highest BCUT2D eigenvalue weighted by atomic mass is 16.3. The van der Waals surface area contributed by atoms with Crippen molar-refractivity contribution in [2.24, 2.45) is 0 Å². The maximum atomic E-state index is 12.3. The SMILES string of the molecule is CNc1ccc(C(=O)N(CCO)C2CCC2)nn1. The van der Waals surface area contributed by atoms with E-state index in [9.17, 15) is 4.79 Å². The van der Waals surface area contributed by atoms with Crippen molar-refractivity contribution in [3.63, 3.8) is 0 Å². The number of carbonyl (C=O) groups is 1. The first-order valence-electron chi connectivity index (χ1n) is 6.19. The smallest absolute Gasteiger partial charge is 0.274 e. The Balaban J connectivity index is 2.10. The van der Waals surface area contributed by atoms with Crippen molar-refractivity contribution >= 4 is 11.7 Å². The van der Waals surface area contributed by atoms with Gasteiger partial charge in [0.05, 0.1) is 6.61 Å². The van der Waals surface area contributed by atoms with Crippen LogP contribution < -0.4 is 5.32 Å². The number of nitrogens with zero attached hydrogens (tertiary/aromatic N) is 3. The molecular formula is C12H18N4O2. The molecule has 2 N–H and O–H groups in total. The first-order chi connectivity index (χ1) is 8.76. The number of hydrogen-bond acceptors (Lipinski definition) is 5. The molecule has 0 bridgehead atoms. The van der Waals surface area contributed by atoms with Gasteiger partial charge in [-0.15, -0.1) is 10.2 Å². The van der Waals surface area contributed by atoms with Crippen molar-refractivity contribution in [1.82, 2.24) is 15.1 Å². The van der Waals surface area contributed by atoms with E-state index in [1.807, 2.05) is 0 Å². The van der Waals surface area contributed by atoms with Crippen LogP contribution in [0.25, 0.3) is 0 Å². The fourth-order valence-corrected chi connectivity index (χ4v) is 1.98. The third-order valence-electron chi connectivity index (χ3n) is 3.26. The maximum absolute atomic E-state index is 12.3. The van der Waals surface area contributed by atoms with Gasteiger partial charge in [-0.05, 0) is 31.4 Å². The molecular weight excluding hydrogens is 232 g/mol. The molecule has 1 heterocycles. The van der Waals surface area contributed by atoms with Crippen LogP contribution in [0.5, 0.6) is 0 Å². The molecule has 0 aliphatic heterocycles. The van der Waals surface area contributed by atoms with E-state index < -0.39 is 0 Å². The minimum Gasteiger partial charge on any atom is -0.395 e. The predicted octanol–water partition coefficient (Wildman–Crippen LogP) is 0.505. The molecule has 0 spiro atoms. The quantitative estimate of drug-likeness (QED) is 0.796. The van der Waals surface area contributed by atoms with Crippen LogP contribution in [0.15, 0.2) is 12.1 Å². The van der Waals surface area contributed by atoms with Crippen LogP contribution in [-0.4, -0.2) is 52.4 Å². The summed E-state index contributed by atoms with van der Waals surface area (Å²) in [6.07, 6.45) is 3.16. The number of nitrogens with one attached hydrogen (secondary N) is 1. The molecule has 0 radical (unpaired) electrons. The molecule has 1 aromatic heterocycles. The Morgan fingerprint density at radius 2 is 2.28 bits per heavy atom. The Morgan fingerprint density at radius 3 is 2.72 bits per heavy atom. The molecule has 0 saturated heterocycles. The van der Waals surface area contributed by atoms with Crippen LogP contribution in [0.4, 0.5) is 5.82 Å². The van der Waals surface area contributed by atoms with Crippen LogP contribution in [0, 0.1) is 0 Å². The summed E-state index contributed by atoms with van der Waals surface area (Å²) in [5.74, 6) is 0.479. The van der Waals surface area contributed by atoms with E-state index in [4.69, 9.17) is 5.11 Å². The normalized spacial score (nSPS) is 15.0. The summed E-state index contributed by atoms with van der Waals surface area (Å²) in [6, 6.07) is 3.62. The summed E-state index contributed by atoms with van der Waals surface area (Å²) < 4.78 is 0. The van der Waals surface area contributed by atoms with Crippen LogP contribution >= 0.6 is 0 Å². The second-order valence-corrected chi connectivity index (χ2v) is 4.36. The molecule has 18 heavy (non-hydrogen) atoms. The second kappa shape index (κ2) is 5.77. The molecule has 0 atom stereocenters. The van der Waals surface area contributed by atoms with E-state index in [0.29, 0.717) is 18.1 Å². The number of aliphatic hydroxyl groups excluding tert-OH is 1. The summed E-state index contributed by atoms with van der Waals surface area (Å²) >= 11 is 0. The summed E-state index contributed by atoms with van der Waals surface area (Å²) in [4.78, 5) is 14.0. The zero-order chi connectivity index (χ0) is 13.0. The highest BCUT2D eigenvalue weighted by Gasteiger charge is 2.29. The average molecular weight is 250 g/mol. The van der Waals surface area contributed by atoms with Gasteiger partial charge in [-0.3, -0.25) is 4.79 Å². The summed E-state index contributed by atoms with van der Waals surface area (Å²) in [5, 5.41) is 19.7. The Bertz CT molecular complexity index is 403. The van der Waals surface area contributed by atoms with Gasteiger partial charge < -0.3 is 15.3 Å². The molecule has 0 unspecified atom stereocenters. The van der Waals surface area contributed by atoms with Crippen molar-refractivity contribution in [1.29, 1.82) is 0 Å². The van der Waals surface area contributed by atoms with Gasteiger partial charge in [0.2, 0.25) is 0 Å². The predicted molar refractivity (Wildman–Crippen MR) is 67.3 cm³/mol. The van der Waals surface area contributed by atoms with Crippen LogP contribution in [0.2, 0.25) is 0 Å².